The van der Waals surface area contributed by atoms with E-state index in [0.29, 0.717) is 17.5 Å². The summed E-state index contributed by atoms with van der Waals surface area (Å²) >= 11 is 1.16. The van der Waals surface area contributed by atoms with Crippen molar-refractivity contribution in [2.75, 3.05) is 11.5 Å². The Bertz CT molecular complexity index is 1230. The smallest absolute Gasteiger partial charge is 0.332 e. The van der Waals surface area contributed by atoms with Crippen LogP contribution in [0.15, 0.2) is 57.7 Å². The monoisotopic (exact) mass is 440 g/mol. The highest BCUT2D eigenvalue weighted by atomic mass is 32.2. The third-order valence-corrected chi connectivity index (χ3v) is 5.76. The molecule has 3 aromatic rings. The molecule has 0 saturated carbocycles. The number of thioether (sulfide) groups is 1. The lowest BCUT2D eigenvalue weighted by Crippen LogP contribution is -2.44. The van der Waals surface area contributed by atoms with E-state index in [9.17, 15) is 14.4 Å². The molecule has 1 aromatic carbocycles. The quantitative estimate of drug-likeness (QED) is 0.306. The van der Waals surface area contributed by atoms with Crippen molar-refractivity contribution in [3.8, 4) is 0 Å². The summed E-state index contributed by atoms with van der Waals surface area (Å²) in [5.74, 6) is 0.0291. The molecule has 0 aliphatic rings. The number of nitrogens with zero attached hydrogens (tertiary/aromatic N) is 5. The van der Waals surface area contributed by atoms with Crippen LogP contribution in [-0.2, 0) is 19.6 Å². The van der Waals surface area contributed by atoms with Crippen LogP contribution in [0.5, 0.6) is 0 Å². The van der Waals surface area contributed by atoms with Crippen LogP contribution >= 0.6 is 11.8 Å². The van der Waals surface area contributed by atoms with Gasteiger partial charge < -0.3 is 10.3 Å². The molecule has 0 saturated heterocycles. The van der Waals surface area contributed by atoms with Gasteiger partial charge in [-0.15, -0.1) is 16.8 Å². The topological polar surface area (TPSA) is 118 Å². The molecule has 9 nitrogen and oxygen atoms in total. The first-order chi connectivity index (χ1) is 14.9. The number of hydrogen-bond donors (Lipinski definition) is 1. The summed E-state index contributed by atoms with van der Waals surface area (Å²) in [6.45, 7) is 7.98. The number of Topliss-reactive ketones (excluding diaryl/α,β-unsaturated/α-hetero) is 1. The maximum atomic E-state index is 13.0. The van der Waals surface area contributed by atoms with E-state index in [2.05, 4.69) is 16.8 Å². The van der Waals surface area contributed by atoms with E-state index in [4.69, 9.17) is 5.73 Å². The Kier molecular flexibility index (Phi) is 6.91. The number of nitrogen functional groups attached to an aromatic ring is 1. The Morgan fingerprint density at radius 3 is 2.52 bits per heavy atom. The Balaban J connectivity index is 1.97. The number of benzene rings is 1. The van der Waals surface area contributed by atoms with E-state index >= 15 is 0 Å². The van der Waals surface area contributed by atoms with Crippen LogP contribution in [0.1, 0.15) is 28.7 Å². The molecule has 2 heterocycles. The molecule has 0 radical (unpaired) electrons. The molecule has 0 fully saturated rings. The van der Waals surface area contributed by atoms with Crippen molar-refractivity contribution in [1.82, 2.24) is 23.9 Å². The zero-order valence-electron chi connectivity index (χ0n) is 17.4. The number of allylic oxidation sites excluding steroid dienone is 1. The molecule has 3 rings (SSSR count). The van der Waals surface area contributed by atoms with E-state index in [1.54, 1.807) is 19.9 Å². The first kappa shape index (κ1) is 22.3. The highest BCUT2D eigenvalue weighted by molar-refractivity contribution is 7.99. The zero-order valence-corrected chi connectivity index (χ0v) is 18.3. The van der Waals surface area contributed by atoms with Crippen molar-refractivity contribution in [2.24, 2.45) is 0 Å². The van der Waals surface area contributed by atoms with E-state index in [1.165, 1.54) is 4.57 Å². The summed E-state index contributed by atoms with van der Waals surface area (Å²) in [4.78, 5) is 38.7. The lowest BCUT2D eigenvalue weighted by molar-refractivity contribution is 0.102. The van der Waals surface area contributed by atoms with Crippen molar-refractivity contribution >= 4 is 23.4 Å². The lowest BCUT2D eigenvalue weighted by atomic mass is 10.2. The summed E-state index contributed by atoms with van der Waals surface area (Å²) in [5, 5.41) is 8.63. The Hall–Kier alpha value is -3.40. The molecule has 0 unspecified atom stereocenters. The fraction of sp³-hybridized carbons (Fsp3) is 0.286. The van der Waals surface area contributed by atoms with Gasteiger partial charge in [-0.2, -0.15) is 0 Å². The predicted octanol–water partition coefficient (Wildman–Crippen LogP) is 1.72. The second-order valence-electron chi connectivity index (χ2n) is 6.80. The average Bonchev–Trinajstić information content (AvgIpc) is 3.10. The molecule has 0 bridgehead atoms. The molecular weight excluding hydrogens is 416 g/mol. The van der Waals surface area contributed by atoms with Crippen LogP contribution in [0, 0.1) is 6.92 Å². The van der Waals surface area contributed by atoms with Gasteiger partial charge in [-0.05, 0) is 19.4 Å². The Labute approximate surface area is 183 Å². The highest BCUT2D eigenvalue weighted by Crippen LogP contribution is 2.19. The van der Waals surface area contributed by atoms with Crippen LogP contribution in [0.3, 0.4) is 0 Å². The number of hydrogen-bond acceptors (Lipinski definition) is 7. The van der Waals surface area contributed by atoms with Gasteiger partial charge in [0.15, 0.2) is 10.9 Å². The van der Waals surface area contributed by atoms with Gasteiger partial charge in [0.1, 0.15) is 17.2 Å². The number of anilines is 1. The summed E-state index contributed by atoms with van der Waals surface area (Å²) in [6, 6.07) is 9.24. The van der Waals surface area contributed by atoms with Crippen LogP contribution in [0.2, 0.25) is 0 Å². The van der Waals surface area contributed by atoms with Gasteiger partial charge in [-0.1, -0.05) is 48.2 Å². The van der Waals surface area contributed by atoms with Crippen molar-refractivity contribution < 1.29 is 4.79 Å². The summed E-state index contributed by atoms with van der Waals surface area (Å²) in [7, 11) is 0. The van der Waals surface area contributed by atoms with Crippen molar-refractivity contribution in [3.05, 3.63) is 80.8 Å². The molecule has 0 aliphatic carbocycles. The molecule has 0 aliphatic heterocycles. The summed E-state index contributed by atoms with van der Waals surface area (Å²) in [6.07, 6.45) is 1.71. The average molecular weight is 441 g/mol. The first-order valence-corrected chi connectivity index (χ1v) is 10.7. The van der Waals surface area contributed by atoms with E-state index in [-0.39, 0.29) is 30.2 Å². The molecular formula is C21H24N6O3S. The summed E-state index contributed by atoms with van der Waals surface area (Å²) < 4.78 is 4.11. The van der Waals surface area contributed by atoms with Gasteiger partial charge in [0.25, 0.3) is 5.56 Å². The maximum absolute atomic E-state index is 13.0. The van der Waals surface area contributed by atoms with E-state index in [0.717, 1.165) is 21.9 Å². The Morgan fingerprint density at radius 2 is 1.87 bits per heavy atom. The molecule has 2 N–H and O–H groups in total. The number of ketones is 1. The number of aryl methyl sites for hydroxylation is 1. The second-order valence-corrected chi connectivity index (χ2v) is 7.75. The number of nitrogens with two attached hydrogens (primary N) is 1. The van der Waals surface area contributed by atoms with Crippen molar-refractivity contribution in [2.45, 2.75) is 38.6 Å². The summed E-state index contributed by atoms with van der Waals surface area (Å²) in [5.41, 5.74) is 5.61. The SMILES string of the molecule is C=CCn1c(C)nnc1SCC(=O)c1c(N)n(Cc2ccccc2)c(=O)n(CC)c1=O. The third kappa shape index (κ3) is 4.53. The predicted molar refractivity (Wildman–Crippen MR) is 121 cm³/mol. The molecule has 0 atom stereocenters. The minimum Gasteiger partial charge on any atom is -0.384 e. The fourth-order valence-corrected chi connectivity index (χ4v) is 4.05. The number of aromatic nitrogens is 5. The van der Waals surface area contributed by atoms with Gasteiger partial charge >= 0.3 is 5.69 Å². The van der Waals surface area contributed by atoms with Crippen LogP contribution in [0.4, 0.5) is 5.82 Å². The molecule has 0 spiro atoms. The van der Waals surface area contributed by atoms with Gasteiger partial charge in [0.05, 0.1) is 12.3 Å². The first-order valence-electron chi connectivity index (χ1n) is 9.72. The van der Waals surface area contributed by atoms with Gasteiger partial charge in [-0.3, -0.25) is 18.7 Å². The third-order valence-electron chi connectivity index (χ3n) is 4.79. The number of carbonyl (C=O) groups excluding carboxylic acids is 1. The van der Waals surface area contributed by atoms with Crippen LogP contribution < -0.4 is 17.0 Å². The van der Waals surface area contributed by atoms with Gasteiger partial charge in [0, 0.05) is 13.1 Å². The van der Waals surface area contributed by atoms with Crippen LogP contribution in [-0.4, -0.2) is 35.4 Å². The molecule has 2 aromatic heterocycles. The largest absolute Gasteiger partial charge is 0.384 e. The molecule has 162 valence electrons. The Morgan fingerprint density at radius 1 is 1.16 bits per heavy atom. The lowest BCUT2D eigenvalue weighted by Gasteiger charge is -2.15. The van der Waals surface area contributed by atoms with Gasteiger partial charge in [-0.25, -0.2) is 4.79 Å². The maximum Gasteiger partial charge on any atom is 0.332 e. The number of rotatable bonds is 9. The second kappa shape index (κ2) is 9.61. The van der Waals surface area contributed by atoms with E-state index in [1.807, 2.05) is 34.9 Å². The van der Waals surface area contributed by atoms with E-state index < -0.39 is 17.0 Å². The molecule has 0 amide bonds. The van der Waals surface area contributed by atoms with Crippen molar-refractivity contribution in [1.29, 1.82) is 0 Å². The minimum absolute atomic E-state index is 0.0675. The molecule has 31 heavy (non-hydrogen) atoms. The normalized spacial score (nSPS) is 10.9. The van der Waals surface area contributed by atoms with Gasteiger partial charge in [0.2, 0.25) is 0 Å². The standard InChI is InChI=1S/C21H24N6O3S/c1-4-11-26-14(3)23-24-20(26)31-13-16(28)17-18(22)27(12-15-9-7-6-8-10-15)21(30)25(5-2)19(17)29/h4,6-10H,1,5,11-13,22H2,2-3H3. The van der Waals surface area contributed by atoms with Crippen molar-refractivity contribution in [3.63, 3.8) is 0 Å². The fourth-order valence-electron chi connectivity index (χ4n) is 3.18. The van der Waals surface area contributed by atoms with Crippen LogP contribution in [0.25, 0.3) is 0 Å². The minimum atomic E-state index is -0.677. The highest BCUT2D eigenvalue weighted by Gasteiger charge is 2.23. The molecule has 10 heteroatoms. The number of carbonyl (C=O) groups is 1. The zero-order chi connectivity index (χ0) is 22.5.